The number of imidazole rings is 1. The molecule has 102 valence electrons. The molecule has 2 rings (SSSR count). The fourth-order valence-corrected chi connectivity index (χ4v) is 2.71. The van der Waals surface area contributed by atoms with Crippen LogP contribution in [0.5, 0.6) is 0 Å². The topological polar surface area (TPSA) is 38.1 Å². The molecular formula is C14H17ClN2OS. The van der Waals surface area contributed by atoms with E-state index in [0.717, 1.165) is 28.9 Å². The van der Waals surface area contributed by atoms with Crippen LogP contribution in [0.2, 0.25) is 5.02 Å². The van der Waals surface area contributed by atoms with Crippen molar-refractivity contribution in [2.45, 2.75) is 31.7 Å². The van der Waals surface area contributed by atoms with Crippen molar-refractivity contribution in [3.05, 3.63) is 46.7 Å². The number of aromatic nitrogens is 2. The molecule has 0 fully saturated rings. The first kappa shape index (κ1) is 14.4. The minimum Gasteiger partial charge on any atom is -0.390 e. The number of aliphatic hydroxyl groups is 1. The van der Waals surface area contributed by atoms with E-state index in [9.17, 15) is 5.11 Å². The lowest BCUT2D eigenvalue weighted by molar-refractivity contribution is 0.277. The smallest absolute Gasteiger partial charge is 0.168 e. The van der Waals surface area contributed by atoms with E-state index >= 15 is 0 Å². The maximum absolute atomic E-state index is 9.20. The van der Waals surface area contributed by atoms with Gasteiger partial charge in [-0.05, 0) is 24.1 Å². The van der Waals surface area contributed by atoms with Crippen molar-refractivity contribution < 1.29 is 5.11 Å². The van der Waals surface area contributed by atoms with Crippen LogP contribution in [-0.4, -0.2) is 20.4 Å². The number of thioether (sulfide) groups is 1. The molecule has 1 N–H and O–H groups in total. The molecule has 0 aliphatic carbocycles. The number of hydrogen-bond acceptors (Lipinski definition) is 3. The maximum atomic E-state index is 9.20. The van der Waals surface area contributed by atoms with Crippen molar-refractivity contribution in [2.75, 3.05) is 5.75 Å². The van der Waals surface area contributed by atoms with E-state index in [1.807, 2.05) is 30.5 Å². The van der Waals surface area contributed by atoms with Gasteiger partial charge in [-0.2, -0.15) is 0 Å². The Morgan fingerprint density at radius 3 is 2.68 bits per heavy atom. The molecule has 0 radical (unpaired) electrons. The molecule has 0 aliphatic rings. The van der Waals surface area contributed by atoms with Crippen LogP contribution in [-0.2, 0) is 13.2 Å². The Labute approximate surface area is 122 Å². The second kappa shape index (κ2) is 6.98. The monoisotopic (exact) mass is 296 g/mol. The average molecular weight is 297 g/mol. The van der Waals surface area contributed by atoms with Crippen LogP contribution >= 0.6 is 23.4 Å². The van der Waals surface area contributed by atoms with E-state index in [1.54, 1.807) is 11.8 Å². The van der Waals surface area contributed by atoms with Gasteiger partial charge < -0.3 is 9.67 Å². The van der Waals surface area contributed by atoms with Gasteiger partial charge in [-0.25, -0.2) is 4.98 Å². The van der Waals surface area contributed by atoms with Gasteiger partial charge in [0.15, 0.2) is 5.16 Å². The quantitative estimate of drug-likeness (QED) is 0.828. The summed E-state index contributed by atoms with van der Waals surface area (Å²) in [4.78, 5) is 4.43. The minimum absolute atomic E-state index is 0.0205. The summed E-state index contributed by atoms with van der Waals surface area (Å²) in [5, 5.41) is 10.9. The van der Waals surface area contributed by atoms with Gasteiger partial charge in [0, 0.05) is 23.5 Å². The molecule has 19 heavy (non-hydrogen) atoms. The number of benzene rings is 1. The molecule has 0 saturated carbocycles. The highest BCUT2D eigenvalue weighted by atomic mass is 35.5. The van der Waals surface area contributed by atoms with Gasteiger partial charge in [0.2, 0.25) is 0 Å². The van der Waals surface area contributed by atoms with E-state index in [4.69, 9.17) is 11.6 Å². The minimum atomic E-state index is -0.0205. The molecule has 1 aromatic heterocycles. The first-order chi connectivity index (χ1) is 9.22. The third-order valence-corrected chi connectivity index (χ3v) is 4.10. The Hall–Kier alpha value is -0.970. The van der Waals surface area contributed by atoms with Crippen LogP contribution in [0.15, 0.2) is 35.6 Å². The van der Waals surface area contributed by atoms with E-state index in [2.05, 4.69) is 16.5 Å². The summed E-state index contributed by atoms with van der Waals surface area (Å²) in [5.41, 5.74) is 1.89. The van der Waals surface area contributed by atoms with E-state index in [1.165, 1.54) is 5.56 Å². The van der Waals surface area contributed by atoms with Crippen LogP contribution in [0.4, 0.5) is 0 Å². The Morgan fingerprint density at radius 1 is 1.32 bits per heavy atom. The molecule has 0 spiro atoms. The highest BCUT2D eigenvalue weighted by molar-refractivity contribution is 7.99. The molecule has 0 unspecified atom stereocenters. The normalized spacial score (nSPS) is 10.9. The lowest BCUT2D eigenvalue weighted by Gasteiger charge is -2.07. The molecule has 0 aliphatic heterocycles. The van der Waals surface area contributed by atoms with Crippen LogP contribution in [0.1, 0.15) is 24.6 Å². The van der Waals surface area contributed by atoms with Crippen LogP contribution < -0.4 is 0 Å². The van der Waals surface area contributed by atoms with Crippen LogP contribution in [0.25, 0.3) is 0 Å². The van der Waals surface area contributed by atoms with Gasteiger partial charge in [0.1, 0.15) is 0 Å². The number of aliphatic hydroxyl groups excluding tert-OH is 1. The number of rotatable bonds is 6. The zero-order valence-corrected chi connectivity index (χ0v) is 12.4. The summed E-state index contributed by atoms with van der Waals surface area (Å²) in [6, 6.07) is 7.80. The van der Waals surface area contributed by atoms with Gasteiger partial charge in [-0.15, -0.1) is 0 Å². The van der Waals surface area contributed by atoms with Gasteiger partial charge in [-0.1, -0.05) is 42.4 Å². The molecule has 3 nitrogen and oxygen atoms in total. The first-order valence-corrected chi connectivity index (χ1v) is 7.63. The summed E-state index contributed by atoms with van der Waals surface area (Å²) in [6.07, 6.45) is 3.01. The summed E-state index contributed by atoms with van der Waals surface area (Å²) < 4.78 is 2.08. The lowest BCUT2D eigenvalue weighted by atomic mass is 10.2. The molecule has 5 heteroatoms. The summed E-state index contributed by atoms with van der Waals surface area (Å²) in [6.45, 7) is 2.87. The number of halogens is 1. The Balaban J connectivity index is 2.17. The predicted molar refractivity (Wildman–Crippen MR) is 79.7 cm³/mol. The second-order valence-electron chi connectivity index (χ2n) is 4.28. The maximum Gasteiger partial charge on any atom is 0.168 e. The second-order valence-corrected chi connectivity index (χ2v) is 5.77. The van der Waals surface area contributed by atoms with Crippen LogP contribution in [0.3, 0.4) is 0 Å². The Kier molecular flexibility index (Phi) is 5.31. The summed E-state index contributed by atoms with van der Waals surface area (Å²) in [7, 11) is 0. The Bertz CT molecular complexity index is 525. The van der Waals surface area contributed by atoms with E-state index in [-0.39, 0.29) is 6.61 Å². The molecule has 1 aromatic carbocycles. The van der Waals surface area contributed by atoms with Crippen molar-refractivity contribution in [1.29, 1.82) is 0 Å². The molecule has 0 saturated heterocycles. The lowest BCUT2D eigenvalue weighted by Crippen LogP contribution is -2.00. The van der Waals surface area contributed by atoms with Crippen molar-refractivity contribution in [3.63, 3.8) is 0 Å². The van der Waals surface area contributed by atoms with E-state index < -0.39 is 0 Å². The van der Waals surface area contributed by atoms with Crippen molar-refractivity contribution in [2.24, 2.45) is 0 Å². The molecular weight excluding hydrogens is 280 g/mol. The zero-order valence-electron chi connectivity index (χ0n) is 10.8. The fraction of sp³-hybridized carbons (Fsp3) is 0.357. The Morgan fingerprint density at radius 2 is 2.05 bits per heavy atom. The highest BCUT2D eigenvalue weighted by Crippen LogP contribution is 2.20. The standard InChI is InChI=1S/C14H17ClN2OS/c1-2-7-19-14-16-13(10-18)9-17(14)8-11-3-5-12(15)6-4-11/h3-6,9,18H,2,7-8,10H2,1H3. The fourth-order valence-electron chi connectivity index (χ4n) is 1.74. The van der Waals surface area contributed by atoms with Gasteiger partial charge in [0.25, 0.3) is 0 Å². The summed E-state index contributed by atoms with van der Waals surface area (Å²) in [5.74, 6) is 1.03. The van der Waals surface area contributed by atoms with Gasteiger partial charge in [-0.3, -0.25) is 0 Å². The average Bonchev–Trinajstić information content (AvgIpc) is 2.81. The molecule has 1 heterocycles. The predicted octanol–water partition coefficient (Wildman–Crippen LogP) is 3.58. The SMILES string of the molecule is CCCSc1nc(CO)cn1Cc1ccc(Cl)cc1. The van der Waals surface area contributed by atoms with Crippen LogP contribution in [0, 0.1) is 0 Å². The summed E-state index contributed by atoms with van der Waals surface area (Å²) >= 11 is 7.61. The van der Waals surface area contributed by atoms with E-state index in [0.29, 0.717) is 5.69 Å². The third kappa shape index (κ3) is 4.00. The molecule has 0 atom stereocenters. The van der Waals surface area contributed by atoms with Crippen molar-refractivity contribution in [1.82, 2.24) is 9.55 Å². The largest absolute Gasteiger partial charge is 0.390 e. The van der Waals surface area contributed by atoms with Gasteiger partial charge >= 0.3 is 0 Å². The third-order valence-electron chi connectivity index (χ3n) is 2.65. The highest BCUT2D eigenvalue weighted by Gasteiger charge is 2.08. The zero-order chi connectivity index (χ0) is 13.7. The molecule has 0 amide bonds. The van der Waals surface area contributed by atoms with Crippen molar-refractivity contribution in [3.8, 4) is 0 Å². The van der Waals surface area contributed by atoms with Gasteiger partial charge in [0.05, 0.1) is 12.3 Å². The first-order valence-electron chi connectivity index (χ1n) is 6.27. The molecule has 2 aromatic rings. The van der Waals surface area contributed by atoms with Crippen molar-refractivity contribution >= 4 is 23.4 Å². The number of nitrogens with zero attached hydrogens (tertiary/aromatic N) is 2. The molecule has 0 bridgehead atoms. The number of hydrogen-bond donors (Lipinski definition) is 1.